The summed E-state index contributed by atoms with van der Waals surface area (Å²) in [4.78, 5) is 15.9. The first-order chi connectivity index (χ1) is 9.24. The van der Waals surface area contributed by atoms with Crippen molar-refractivity contribution in [2.75, 3.05) is 11.1 Å². The van der Waals surface area contributed by atoms with Crippen LogP contribution in [0.5, 0.6) is 0 Å². The lowest BCUT2D eigenvalue weighted by Crippen LogP contribution is -2.12. The van der Waals surface area contributed by atoms with Gasteiger partial charge in [-0.25, -0.2) is 4.98 Å². The SMILES string of the molecule is O=C(CCSc1ccccn1)Nc1cccc(Cl)c1. The number of carbonyl (C=O) groups excluding carboxylic acids is 1. The number of hydrogen-bond donors (Lipinski definition) is 1. The molecule has 5 heteroatoms. The summed E-state index contributed by atoms with van der Waals surface area (Å²) in [5, 5.41) is 4.35. The van der Waals surface area contributed by atoms with Crippen LogP contribution in [-0.4, -0.2) is 16.6 Å². The molecule has 1 aromatic heterocycles. The topological polar surface area (TPSA) is 42.0 Å². The average Bonchev–Trinajstić information content (AvgIpc) is 2.40. The lowest BCUT2D eigenvalue weighted by atomic mass is 10.3. The minimum absolute atomic E-state index is 0.0225. The van der Waals surface area contributed by atoms with E-state index >= 15 is 0 Å². The van der Waals surface area contributed by atoms with E-state index in [1.54, 1.807) is 36.2 Å². The maximum Gasteiger partial charge on any atom is 0.225 e. The molecule has 1 aromatic carbocycles. The number of thioether (sulfide) groups is 1. The number of rotatable bonds is 5. The fourth-order valence-electron chi connectivity index (χ4n) is 1.47. The predicted octanol–water partition coefficient (Wildman–Crippen LogP) is 3.86. The van der Waals surface area contributed by atoms with Crippen molar-refractivity contribution in [1.82, 2.24) is 4.98 Å². The highest BCUT2D eigenvalue weighted by molar-refractivity contribution is 7.99. The van der Waals surface area contributed by atoms with E-state index in [-0.39, 0.29) is 5.91 Å². The molecule has 2 rings (SSSR count). The quantitative estimate of drug-likeness (QED) is 0.851. The van der Waals surface area contributed by atoms with E-state index in [1.165, 1.54) is 0 Å². The molecule has 0 radical (unpaired) electrons. The summed E-state index contributed by atoms with van der Waals surface area (Å²) in [7, 11) is 0. The van der Waals surface area contributed by atoms with Crippen molar-refractivity contribution in [3.63, 3.8) is 0 Å². The Labute approximate surface area is 121 Å². The van der Waals surface area contributed by atoms with Crippen molar-refractivity contribution in [1.29, 1.82) is 0 Å². The van der Waals surface area contributed by atoms with E-state index in [0.717, 1.165) is 10.7 Å². The highest BCUT2D eigenvalue weighted by Crippen LogP contribution is 2.17. The second-order valence-electron chi connectivity index (χ2n) is 3.82. The Hall–Kier alpha value is -1.52. The van der Waals surface area contributed by atoms with Gasteiger partial charge in [0.2, 0.25) is 5.91 Å². The third-order valence-corrected chi connectivity index (χ3v) is 3.51. The smallest absolute Gasteiger partial charge is 0.225 e. The Morgan fingerprint density at radius 1 is 1.26 bits per heavy atom. The van der Waals surface area contributed by atoms with Crippen molar-refractivity contribution in [2.24, 2.45) is 0 Å². The number of carbonyl (C=O) groups is 1. The third kappa shape index (κ3) is 4.93. The molecule has 0 aliphatic heterocycles. The average molecular weight is 293 g/mol. The molecule has 0 saturated heterocycles. The number of nitrogens with one attached hydrogen (secondary N) is 1. The fourth-order valence-corrected chi connectivity index (χ4v) is 2.47. The van der Waals surface area contributed by atoms with Crippen LogP contribution in [0.3, 0.4) is 0 Å². The van der Waals surface area contributed by atoms with Gasteiger partial charge in [0.25, 0.3) is 0 Å². The Bertz CT molecular complexity index is 548. The number of anilines is 1. The number of amides is 1. The van der Waals surface area contributed by atoms with Crippen LogP contribution < -0.4 is 5.32 Å². The molecule has 0 fully saturated rings. The monoisotopic (exact) mass is 292 g/mol. The molecule has 0 saturated carbocycles. The van der Waals surface area contributed by atoms with Gasteiger partial charge in [0, 0.05) is 29.1 Å². The molecule has 0 unspecified atom stereocenters. The number of benzene rings is 1. The predicted molar refractivity (Wildman–Crippen MR) is 79.7 cm³/mol. The Morgan fingerprint density at radius 2 is 2.16 bits per heavy atom. The van der Waals surface area contributed by atoms with Gasteiger partial charge in [-0.3, -0.25) is 4.79 Å². The van der Waals surface area contributed by atoms with Crippen molar-refractivity contribution < 1.29 is 4.79 Å². The van der Waals surface area contributed by atoms with Gasteiger partial charge in [-0.05, 0) is 30.3 Å². The lowest BCUT2D eigenvalue weighted by Gasteiger charge is -2.05. The number of hydrogen-bond acceptors (Lipinski definition) is 3. The second-order valence-corrected chi connectivity index (χ2v) is 5.38. The number of nitrogens with zero attached hydrogens (tertiary/aromatic N) is 1. The first-order valence-corrected chi connectivity index (χ1v) is 7.19. The van der Waals surface area contributed by atoms with E-state index in [1.807, 2.05) is 24.3 Å². The number of halogens is 1. The molecule has 1 heterocycles. The first kappa shape index (κ1) is 13.9. The number of pyridine rings is 1. The Morgan fingerprint density at radius 3 is 2.89 bits per heavy atom. The first-order valence-electron chi connectivity index (χ1n) is 5.83. The van der Waals surface area contributed by atoms with Gasteiger partial charge in [0.1, 0.15) is 0 Å². The standard InChI is InChI=1S/C14H13ClN2OS/c15-11-4-3-5-12(10-11)17-13(18)7-9-19-14-6-1-2-8-16-14/h1-6,8,10H,7,9H2,(H,17,18). The summed E-state index contributed by atoms with van der Waals surface area (Å²) >= 11 is 7.41. The molecule has 0 aliphatic rings. The van der Waals surface area contributed by atoms with Crippen LogP contribution in [0.2, 0.25) is 5.02 Å². The summed E-state index contributed by atoms with van der Waals surface area (Å²) in [5.41, 5.74) is 0.723. The van der Waals surface area contributed by atoms with Crippen LogP contribution >= 0.6 is 23.4 Å². The van der Waals surface area contributed by atoms with E-state index in [9.17, 15) is 4.79 Å². The maximum atomic E-state index is 11.7. The van der Waals surface area contributed by atoms with Crippen LogP contribution in [-0.2, 0) is 4.79 Å². The van der Waals surface area contributed by atoms with E-state index in [4.69, 9.17) is 11.6 Å². The summed E-state index contributed by atoms with van der Waals surface area (Å²) in [6.45, 7) is 0. The molecule has 0 bridgehead atoms. The van der Waals surface area contributed by atoms with E-state index in [0.29, 0.717) is 17.2 Å². The Kier molecular flexibility index (Phi) is 5.24. The largest absolute Gasteiger partial charge is 0.326 e. The van der Waals surface area contributed by atoms with Crippen molar-refractivity contribution in [2.45, 2.75) is 11.4 Å². The molecule has 19 heavy (non-hydrogen) atoms. The fraction of sp³-hybridized carbons (Fsp3) is 0.143. The molecule has 0 spiro atoms. The highest BCUT2D eigenvalue weighted by atomic mass is 35.5. The minimum atomic E-state index is -0.0225. The maximum absolute atomic E-state index is 11.7. The Balaban J connectivity index is 1.76. The summed E-state index contributed by atoms with van der Waals surface area (Å²) < 4.78 is 0. The number of aromatic nitrogens is 1. The van der Waals surface area contributed by atoms with Crippen molar-refractivity contribution in [3.05, 3.63) is 53.7 Å². The highest BCUT2D eigenvalue weighted by Gasteiger charge is 2.03. The van der Waals surface area contributed by atoms with E-state index in [2.05, 4.69) is 10.3 Å². The molecule has 3 nitrogen and oxygen atoms in total. The van der Waals surface area contributed by atoms with Crippen LogP contribution in [0.25, 0.3) is 0 Å². The van der Waals surface area contributed by atoms with Crippen LogP contribution in [0, 0.1) is 0 Å². The molecule has 0 aliphatic carbocycles. The van der Waals surface area contributed by atoms with Gasteiger partial charge < -0.3 is 5.32 Å². The van der Waals surface area contributed by atoms with Gasteiger partial charge in [-0.2, -0.15) is 0 Å². The van der Waals surface area contributed by atoms with Crippen molar-refractivity contribution in [3.8, 4) is 0 Å². The van der Waals surface area contributed by atoms with Crippen LogP contribution in [0.4, 0.5) is 5.69 Å². The molecular formula is C14H13ClN2OS. The zero-order valence-corrected chi connectivity index (χ0v) is 11.7. The lowest BCUT2D eigenvalue weighted by molar-refractivity contribution is -0.115. The zero-order valence-electron chi connectivity index (χ0n) is 10.2. The van der Waals surface area contributed by atoms with Gasteiger partial charge in [-0.1, -0.05) is 23.7 Å². The molecular weight excluding hydrogens is 280 g/mol. The normalized spacial score (nSPS) is 10.2. The minimum Gasteiger partial charge on any atom is -0.326 e. The second kappa shape index (κ2) is 7.16. The van der Waals surface area contributed by atoms with Crippen molar-refractivity contribution >= 4 is 35.0 Å². The van der Waals surface area contributed by atoms with E-state index < -0.39 is 0 Å². The molecule has 0 atom stereocenters. The zero-order chi connectivity index (χ0) is 13.5. The summed E-state index contributed by atoms with van der Waals surface area (Å²) in [6.07, 6.45) is 2.18. The molecule has 1 amide bonds. The van der Waals surface area contributed by atoms with Crippen LogP contribution in [0.1, 0.15) is 6.42 Å². The van der Waals surface area contributed by atoms with Gasteiger partial charge >= 0.3 is 0 Å². The third-order valence-electron chi connectivity index (χ3n) is 2.33. The van der Waals surface area contributed by atoms with Crippen LogP contribution in [0.15, 0.2) is 53.7 Å². The summed E-state index contributed by atoms with van der Waals surface area (Å²) in [5.74, 6) is 0.675. The molecule has 98 valence electrons. The van der Waals surface area contributed by atoms with Gasteiger partial charge in [0.05, 0.1) is 5.03 Å². The molecule has 1 N–H and O–H groups in total. The van der Waals surface area contributed by atoms with Gasteiger partial charge in [0.15, 0.2) is 0 Å². The van der Waals surface area contributed by atoms with Gasteiger partial charge in [-0.15, -0.1) is 11.8 Å². The molecule has 2 aromatic rings. The summed E-state index contributed by atoms with van der Waals surface area (Å²) in [6, 6.07) is 12.9.